The molecule has 1 unspecified atom stereocenters. The molecule has 1 amide bonds. The van der Waals surface area contributed by atoms with Crippen LogP contribution in [0.4, 0.5) is 0 Å². The Kier molecular flexibility index (Phi) is 4.83. The number of hydrogen-bond donors (Lipinski definition) is 1. The fourth-order valence-corrected chi connectivity index (χ4v) is 2.50. The topological polar surface area (TPSA) is 62.7 Å². The number of piperazine rings is 1. The second-order valence-electron chi connectivity index (χ2n) is 5.77. The Labute approximate surface area is 120 Å². The van der Waals surface area contributed by atoms with Gasteiger partial charge in [0.2, 0.25) is 5.91 Å². The van der Waals surface area contributed by atoms with Crippen LogP contribution in [0.5, 0.6) is 0 Å². The van der Waals surface area contributed by atoms with E-state index >= 15 is 0 Å². The minimum atomic E-state index is -0.414. The van der Waals surface area contributed by atoms with Crippen LogP contribution in [0.1, 0.15) is 26.0 Å². The lowest BCUT2D eigenvalue weighted by atomic mass is 9.86. The summed E-state index contributed by atoms with van der Waals surface area (Å²) in [6.45, 7) is 8.53. The zero-order valence-corrected chi connectivity index (χ0v) is 12.5. The molecule has 1 aromatic heterocycles. The van der Waals surface area contributed by atoms with E-state index in [-0.39, 0.29) is 5.91 Å². The van der Waals surface area contributed by atoms with E-state index in [0.717, 1.165) is 44.9 Å². The van der Waals surface area contributed by atoms with Gasteiger partial charge in [0.25, 0.3) is 0 Å². The average molecular weight is 279 g/mol. The second kappa shape index (κ2) is 6.41. The highest BCUT2D eigenvalue weighted by atomic mass is 16.3. The van der Waals surface area contributed by atoms with Gasteiger partial charge in [-0.25, -0.2) is 0 Å². The van der Waals surface area contributed by atoms with Crippen LogP contribution in [-0.2, 0) is 11.3 Å². The van der Waals surface area contributed by atoms with Gasteiger partial charge in [0.1, 0.15) is 5.76 Å². The average Bonchev–Trinajstić information content (AvgIpc) is 2.99. The maximum Gasteiger partial charge on any atom is 0.229 e. The molecule has 0 bridgehead atoms. The van der Waals surface area contributed by atoms with Crippen LogP contribution in [0, 0.1) is 5.41 Å². The number of carbonyl (C=O) groups is 1. The highest BCUT2D eigenvalue weighted by Crippen LogP contribution is 2.23. The third kappa shape index (κ3) is 3.22. The van der Waals surface area contributed by atoms with Crippen molar-refractivity contribution in [3.05, 3.63) is 24.2 Å². The lowest BCUT2D eigenvalue weighted by molar-refractivity contribution is -0.142. The summed E-state index contributed by atoms with van der Waals surface area (Å²) in [7, 11) is 0. The van der Waals surface area contributed by atoms with Gasteiger partial charge < -0.3 is 15.1 Å². The third-order valence-electron chi connectivity index (χ3n) is 4.37. The van der Waals surface area contributed by atoms with E-state index in [1.165, 1.54) is 0 Å². The van der Waals surface area contributed by atoms with Gasteiger partial charge in [-0.3, -0.25) is 9.69 Å². The molecule has 2 N–H and O–H groups in total. The van der Waals surface area contributed by atoms with Gasteiger partial charge in [0.15, 0.2) is 0 Å². The Morgan fingerprint density at radius 2 is 2.10 bits per heavy atom. The zero-order valence-electron chi connectivity index (χ0n) is 12.5. The van der Waals surface area contributed by atoms with E-state index in [0.29, 0.717) is 6.54 Å². The summed E-state index contributed by atoms with van der Waals surface area (Å²) in [5.41, 5.74) is 5.36. The van der Waals surface area contributed by atoms with Gasteiger partial charge in [-0.2, -0.15) is 0 Å². The van der Waals surface area contributed by atoms with Crippen LogP contribution in [0.25, 0.3) is 0 Å². The zero-order chi connectivity index (χ0) is 14.6. The van der Waals surface area contributed by atoms with Crippen molar-refractivity contribution in [3.8, 4) is 0 Å². The highest BCUT2D eigenvalue weighted by molar-refractivity contribution is 5.82. The van der Waals surface area contributed by atoms with Crippen molar-refractivity contribution in [1.29, 1.82) is 0 Å². The number of furan rings is 1. The van der Waals surface area contributed by atoms with E-state index in [1.54, 1.807) is 6.26 Å². The van der Waals surface area contributed by atoms with Crippen molar-refractivity contribution >= 4 is 5.91 Å². The summed E-state index contributed by atoms with van der Waals surface area (Å²) in [5.74, 6) is 1.17. The second-order valence-corrected chi connectivity index (χ2v) is 5.77. The van der Waals surface area contributed by atoms with Gasteiger partial charge in [0, 0.05) is 32.7 Å². The highest BCUT2D eigenvalue weighted by Gasteiger charge is 2.35. The summed E-state index contributed by atoms with van der Waals surface area (Å²) in [6, 6.07) is 3.89. The third-order valence-corrected chi connectivity index (χ3v) is 4.37. The Morgan fingerprint density at radius 1 is 1.40 bits per heavy atom. The molecule has 1 fully saturated rings. The minimum absolute atomic E-state index is 0.195. The number of hydrogen-bond acceptors (Lipinski definition) is 4. The minimum Gasteiger partial charge on any atom is -0.468 e. The van der Waals surface area contributed by atoms with E-state index in [4.69, 9.17) is 10.2 Å². The first-order valence-electron chi connectivity index (χ1n) is 7.33. The van der Waals surface area contributed by atoms with Crippen LogP contribution in [-0.4, -0.2) is 48.4 Å². The molecule has 2 heterocycles. The first-order valence-corrected chi connectivity index (χ1v) is 7.33. The standard InChI is InChI=1S/C15H25N3O2/c1-3-15(2,12-16)14(19)18-8-6-17(7-9-18)11-13-5-4-10-20-13/h4-5,10H,3,6-9,11-12,16H2,1-2H3. The van der Waals surface area contributed by atoms with Gasteiger partial charge in [-0.15, -0.1) is 0 Å². The van der Waals surface area contributed by atoms with Crippen LogP contribution < -0.4 is 5.73 Å². The van der Waals surface area contributed by atoms with E-state index in [2.05, 4.69) is 4.90 Å². The van der Waals surface area contributed by atoms with Crippen molar-refractivity contribution in [3.63, 3.8) is 0 Å². The quantitative estimate of drug-likeness (QED) is 0.882. The Morgan fingerprint density at radius 3 is 2.60 bits per heavy atom. The molecule has 20 heavy (non-hydrogen) atoms. The molecule has 1 saturated heterocycles. The molecule has 1 aliphatic rings. The van der Waals surface area contributed by atoms with Crippen molar-refractivity contribution in [2.45, 2.75) is 26.8 Å². The molecular formula is C15H25N3O2. The molecule has 0 radical (unpaired) electrons. The first-order chi connectivity index (χ1) is 9.59. The molecule has 5 nitrogen and oxygen atoms in total. The Balaban J connectivity index is 1.86. The number of carbonyl (C=O) groups excluding carboxylic acids is 1. The first kappa shape index (κ1) is 15.1. The number of nitrogens with zero attached hydrogens (tertiary/aromatic N) is 2. The largest absolute Gasteiger partial charge is 0.468 e. The molecular weight excluding hydrogens is 254 g/mol. The molecule has 1 aliphatic heterocycles. The maximum absolute atomic E-state index is 12.5. The van der Waals surface area contributed by atoms with E-state index < -0.39 is 5.41 Å². The molecule has 0 saturated carbocycles. The summed E-state index contributed by atoms with van der Waals surface area (Å²) < 4.78 is 5.36. The van der Waals surface area contributed by atoms with E-state index in [1.807, 2.05) is 30.9 Å². The fraction of sp³-hybridized carbons (Fsp3) is 0.667. The van der Waals surface area contributed by atoms with E-state index in [9.17, 15) is 4.79 Å². The monoisotopic (exact) mass is 279 g/mol. The number of nitrogens with two attached hydrogens (primary N) is 1. The van der Waals surface area contributed by atoms with Gasteiger partial charge in [0.05, 0.1) is 18.2 Å². The summed E-state index contributed by atoms with van der Waals surface area (Å²) >= 11 is 0. The predicted molar refractivity (Wildman–Crippen MR) is 78.0 cm³/mol. The molecule has 1 atom stereocenters. The normalized spacial score (nSPS) is 19.9. The molecule has 0 aliphatic carbocycles. The summed E-state index contributed by atoms with van der Waals surface area (Å²) in [4.78, 5) is 16.8. The fourth-order valence-electron chi connectivity index (χ4n) is 2.50. The van der Waals surface area contributed by atoms with Crippen molar-refractivity contribution in [1.82, 2.24) is 9.80 Å². The lowest BCUT2D eigenvalue weighted by Gasteiger charge is -2.39. The Hall–Kier alpha value is -1.33. The molecule has 2 rings (SSSR count). The number of amides is 1. The summed E-state index contributed by atoms with van der Waals surface area (Å²) in [6.07, 6.45) is 2.48. The Bertz CT molecular complexity index is 418. The molecule has 1 aromatic rings. The van der Waals surface area contributed by atoms with Gasteiger partial charge in [-0.05, 0) is 25.5 Å². The van der Waals surface area contributed by atoms with Crippen LogP contribution in [0.15, 0.2) is 22.8 Å². The van der Waals surface area contributed by atoms with Crippen LogP contribution in [0.3, 0.4) is 0 Å². The maximum atomic E-state index is 12.5. The number of rotatable bonds is 5. The lowest BCUT2D eigenvalue weighted by Crippen LogP contribution is -2.53. The van der Waals surface area contributed by atoms with Gasteiger partial charge >= 0.3 is 0 Å². The van der Waals surface area contributed by atoms with Crippen molar-refractivity contribution in [2.24, 2.45) is 11.1 Å². The van der Waals surface area contributed by atoms with Gasteiger partial charge in [-0.1, -0.05) is 6.92 Å². The van der Waals surface area contributed by atoms with Crippen LogP contribution in [0.2, 0.25) is 0 Å². The van der Waals surface area contributed by atoms with Crippen molar-refractivity contribution < 1.29 is 9.21 Å². The SMILES string of the molecule is CCC(C)(CN)C(=O)N1CCN(Cc2ccco2)CC1. The van der Waals surface area contributed by atoms with Crippen molar-refractivity contribution in [2.75, 3.05) is 32.7 Å². The van der Waals surface area contributed by atoms with Crippen LogP contribution >= 0.6 is 0 Å². The smallest absolute Gasteiger partial charge is 0.229 e. The molecule has 5 heteroatoms. The summed E-state index contributed by atoms with van der Waals surface area (Å²) in [5, 5.41) is 0. The predicted octanol–water partition coefficient (Wildman–Crippen LogP) is 1.30. The molecule has 112 valence electrons. The molecule has 0 aromatic carbocycles. The molecule has 0 spiro atoms.